The predicted octanol–water partition coefficient (Wildman–Crippen LogP) is 5.01. The van der Waals surface area contributed by atoms with Crippen LogP contribution >= 0.6 is 50.5 Å². The smallest absolute Gasteiger partial charge is 0.107 e. The highest BCUT2D eigenvalue weighted by atomic mass is 79.9. The average molecular weight is 330 g/mol. The third-order valence-electron chi connectivity index (χ3n) is 2.47. The Morgan fingerprint density at radius 2 is 2.47 bits per heavy atom. The molecular weight excluding hydrogens is 319 g/mol. The SMILES string of the molecule is Clc1sc(C(Cl)CC2CCCO2)cc1Br. The van der Waals surface area contributed by atoms with Crippen LogP contribution in [0.5, 0.6) is 0 Å². The van der Waals surface area contributed by atoms with Crippen LogP contribution in [0.15, 0.2) is 10.5 Å². The lowest BCUT2D eigenvalue weighted by molar-refractivity contribution is 0.103. The highest BCUT2D eigenvalue weighted by Gasteiger charge is 2.22. The molecule has 1 aliphatic heterocycles. The maximum absolute atomic E-state index is 6.32. The molecule has 2 rings (SSSR count). The monoisotopic (exact) mass is 328 g/mol. The van der Waals surface area contributed by atoms with Gasteiger partial charge in [-0.2, -0.15) is 0 Å². The molecule has 0 bridgehead atoms. The Bertz CT molecular complexity index is 317. The standard InChI is InChI=1S/C10H11BrCl2OS/c11-7-5-9(15-10(7)13)8(12)4-6-2-1-3-14-6/h5-6,8H,1-4H2. The minimum absolute atomic E-state index is 0.0156. The number of rotatable bonds is 3. The highest BCUT2D eigenvalue weighted by molar-refractivity contribution is 9.10. The molecule has 0 N–H and O–H groups in total. The molecular formula is C10H11BrCl2OS. The van der Waals surface area contributed by atoms with Crippen LogP contribution in [-0.4, -0.2) is 12.7 Å². The van der Waals surface area contributed by atoms with Gasteiger partial charge in [0, 0.05) is 16.0 Å². The number of halogens is 3. The first-order valence-electron chi connectivity index (χ1n) is 4.87. The summed E-state index contributed by atoms with van der Waals surface area (Å²) in [6, 6.07) is 2.00. The molecule has 1 aromatic rings. The molecule has 1 aromatic heterocycles. The second-order valence-corrected chi connectivity index (χ2v) is 6.68. The number of hydrogen-bond donors (Lipinski definition) is 0. The summed E-state index contributed by atoms with van der Waals surface area (Å²) in [7, 11) is 0. The molecule has 1 nitrogen and oxygen atoms in total. The third-order valence-corrected chi connectivity index (χ3v) is 5.60. The largest absolute Gasteiger partial charge is 0.378 e. The van der Waals surface area contributed by atoms with Gasteiger partial charge in [-0.05, 0) is 41.3 Å². The van der Waals surface area contributed by atoms with Gasteiger partial charge in [-0.15, -0.1) is 22.9 Å². The van der Waals surface area contributed by atoms with Crippen LogP contribution in [0.3, 0.4) is 0 Å². The van der Waals surface area contributed by atoms with E-state index < -0.39 is 0 Å². The van der Waals surface area contributed by atoms with E-state index in [9.17, 15) is 0 Å². The Morgan fingerprint density at radius 1 is 1.67 bits per heavy atom. The number of hydrogen-bond acceptors (Lipinski definition) is 2. The van der Waals surface area contributed by atoms with Crippen molar-refractivity contribution in [2.45, 2.75) is 30.7 Å². The Labute approximate surface area is 112 Å². The minimum Gasteiger partial charge on any atom is -0.378 e. The van der Waals surface area contributed by atoms with E-state index in [1.807, 2.05) is 6.07 Å². The van der Waals surface area contributed by atoms with Crippen molar-refractivity contribution < 1.29 is 4.74 Å². The Kier molecular flexibility index (Phi) is 4.36. The maximum Gasteiger partial charge on any atom is 0.107 e. The number of alkyl halides is 1. The quantitative estimate of drug-likeness (QED) is 0.708. The molecule has 1 aliphatic rings. The first-order valence-corrected chi connectivity index (χ1v) is 7.29. The number of thiophene rings is 1. The van der Waals surface area contributed by atoms with Crippen LogP contribution in [-0.2, 0) is 4.74 Å². The molecule has 1 fully saturated rings. The van der Waals surface area contributed by atoms with Gasteiger partial charge in [0.05, 0.1) is 11.5 Å². The lowest BCUT2D eigenvalue weighted by atomic mass is 10.1. The molecule has 5 heteroatoms. The normalized spacial score (nSPS) is 23.3. The predicted molar refractivity (Wildman–Crippen MR) is 69.2 cm³/mol. The Morgan fingerprint density at radius 3 is 3.00 bits per heavy atom. The van der Waals surface area contributed by atoms with Gasteiger partial charge in [0.2, 0.25) is 0 Å². The van der Waals surface area contributed by atoms with Gasteiger partial charge in [-0.3, -0.25) is 0 Å². The van der Waals surface area contributed by atoms with Gasteiger partial charge < -0.3 is 4.74 Å². The molecule has 0 radical (unpaired) electrons. The summed E-state index contributed by atoms with van der Waals surface area (Å²) in [6.45, 7) is 0.878. The summed E-state index contributed by atoms with van der Waals surface area (Å²) >= 11 is 17.2. The maximum atomic E-state index is 6.32. The van der Waals surface area contributed by atoms with E-state index in [1.165, 1.54) is 11.3 Å². The summed E-state index contributed by atoms with van der Waals surface area (Å²) in [6.07, 6.45) is 3.49. The summed E-state index contributed by atoms with van der Waals surface area (Å²) in [5, 5.41) is 0.0156. The van der Waals surface area contributed by atoms with E-state index >= 15 is 0 Å². The van der Waals surface area contributed by atoms with E-state index in [-0.39, 0.29) is 5.38 Å². The summed E-state index contributed by atoms with van der Waals surface area (Å²) in [4.78, 5) is 1.11. The molecule has 2 unspecified atom stereocenters. The molecule has 1 saturated heterocycles. The van der Waals surface area contributed by atoms with Gasteiger partial charge in [0.25, 0.3) is 0 Å². The van der Waals surface area contributed by atoms with Crippen LogP contribution < -0.4 is 0 Å². The van der Waals surface area contributed by atoms with Crippen LogP contribution in [0, 0.1) is 0 Å². The zero-order valence-electron chi connectivity index (χ0n) is 8.01. The molecule has 0 aliphatic carbocycles. The molecule has 0 spiro atoms. The van der Waals surface area contributed by atoms with E-state index in [2.05, 4.69) is 15.9 Å². The Hall–Kier alpha value is 0.720. The molecule has 2 atom stereocenters. The third kappa shape index (κ3) is 3.10. The lowest BCUT2D eigenvalue weighted by Crippen LogP contribution is -2.07. The topological polar surface area (TPSA) is 9.23 Å². The van der Waals surface area contributed by atoms with Gasteiger partial charge in [0.15, 0.2) is 0 Å². The van der Waals surface area contributed by atoms with Crippen LogP contribution in [0.1, 0.15) is 29.5 Å². The highest BCUT2D eigenvalue weighted by Crippen LogP contribution is 2.40. The molecule has 0 amide bonds. The van der Waals surface area contributed by atoms with Crippen molar-refractivity contribution in [3.8, 4) is 0 Å². The molecule has 15 heavy (non-hydrogen) atoms. The second kappa shape index (κ2) is 5.37. The fourth-order valence-electron chi connectivity index (χ4n) is 1.69. The molecule has 2 heterocycles. The van der Waals surface area contributed by atoms with Crippen molar-refractivity contribution in [3.63, 3.8) is 0 Å². The van der Waals surface area contributed by atoms with Crippen LogP contribution in [0.2, 0.25) is 4.34 Å². The molecule has 0 saturated carbocycles. The van der Waals surface area contributed by atoms with Crippen molar-refractivity contribution in [3.05, 3.63) is 19.8 Å². The fraction of sp³-hybridized carbons (Fsp3) is 0.600. The van der Waals surface area contributed by atoms with E-state index in [4.69, 9.17) is 27.9 Å². The second-order valence-electron chi connectivity index (χ2n) is 3.61. The van der Waals surface area contributed by atoms with E-state index in [0.717, 1.165) is 39.6 Å². The molecule has 84 valence electrons. The summed E-state index contributed by atoms with van der Waals surface area (Å²) in [5.41, 5.74) is 0. The first-order chi connectivity index (χ1) is 7.16. The van der Waals surface area contributed by atoms with Crippen LogP contribution in [0.25, 0.3) is 0 Å². The van der Waals surface area contributed by atoms with Gasteiger partial charge in [-0.1, -0.05) is 11.6 Å². The number of ether oxygens (including phenoxy) is 1. The fourth-order valence-corrected chi connectivity index (χ4v) is 3.82. The van der Waals surface area contributed by atoms with E-state index in [1.54, 1.807) is 0 Å². The first kappa shape index (κ1) is 12.2. The van der Waals surface area contributed by atoms with Crippen molar-refractivity contribution in [1.29, 1.82) is 0 Å². The van der Waals surface area contributed by atoms with Crippen molar-refractivity contribution in [1.82, 2.24) is 0 Å². The summed E-state index contributed by atoms with van der Waals surface area (Å²) in [5.74, 6) is 0. The zero-order chi connectivity index (χ0) is 10.8. The van der Waals surface area contributed by atoms with Crippen molar-refractivity contribution in [2.75, 3.05) is 6.61 Å². The van der Waals surface area contributed by atoms with Crippen molar-refractivity contribution >= 4 is 50.5 Å². The van der Waals surface area contributed by atoms with Crippen LogP contribution in [0.4, 0.5) is 0 Å². The average Bonchev–Trinajstić information content (AvgIpc) is 2.78. The minimum atomic E-state index is 0.0156. The summed E-state index contributed by atoms with van der Waals surface area (Å²) < 4.78 is 7.26. The lowest BCUT2D eigenvalue weighted by Gasteiger charge is -2.12. The van der Waals surface area contributed by atoms with Gasteiger partial charge in [0.1, 0.15) is 4.34 Å². The molecule has 0 aromatic carbocycles. The van der Waals surface area contributed by atoms with E-state index in [0.29, 0.717) is 6.10 Å². The van der Waals surface area contributed by atoms with Gasteiger partial charge >= 0.3 is 0 Å². The van der Waals surface area contributed by atoms with Crippen molar-refractivity contribution in [2.24, 2.45) is 0 Å². The Balaban J connectivity index is 1.97. The van der Waals surface area contributed by atoms with Gasteiger partial charge in [-0.25, -0.2) is 0 Å². The zero-order valence-corrected chi connectivity index (χ0v) is 11.9.